The van der Waals surface area contributed by atoms with Crippen LogP contribution in [-0.4, -0.2) is 66.7 Å². The van der Waals surface area contributed by atoms with E-state index < -0.39 is 10.0 Å². The van der Waals surface area contributed by atoms with Crippen LogP contribution in [0.4, 0.5) is 5.13 Å². The van der Waals surface area contributed by atoms with Gasteiger partial charge in [-0.1, -0.05) is 56.1 Å². The van der Waals surface area contributed by atoms with Crippen LogP contribution in [0.5, 0.6) is 0 Å². The lowest BCUT2D eigenvalue weighted by Gasteiger charge is -2.31. The molecule has 2 fully saturated rings. The van der Waals surface area contributed by atoms with E-state index in [0.717, 1.165) is 60.4 Å². The van der Waals surface area contributed by atoms with Crippen molar-refractivity contribution in [2.75, 3.05) is 38.5 Å². The van der Waals surface area contributed by atoms with Crippen LogP contribution in [0, 0.1) is 5.92 Å². The number of aromatic nitrogens is 2. The maximum absolute atomic E-state index is 13.6. The molecule has 0 unspecified atom stereocenters. The van der Waals surface area contributed by atoms with Gasteiger partial charge in [0.1, 0.15) is 10.3 Å². The highest BCUT2D eigenvalue weighted by molar-refractivity contribution is 7.89. The molecule has 3 heterocycles. The lowest BCUT2D eigenvalue weighted by Crippen LogP contribution is -2.47. The molecule has 1 aliphatic heterocycles. The highest BCUT2D eigenvalue weighted by Gasteiger charge is 2.30. The van der Waals surface area contributed by atoms with Crippen molar-refractivity contribution in [3.63, 3.8) is 0 Å². The third-order valence-corrected chi connectivity index (χ3v) is 10.4. The van der Waals surface area contributed by atoms with E-state index in [-0.39, 0.29) is 16.7 Å². The molecule has 1 aromatic carbocycles. The Labute approximate surface area is 223 Å². The van der Waals surface area contributed by atoms with E-state index >= 15 is 0 Å². The van der Waals surface area contributed by atoms with Crippen LogP contribution in [0.25, 0.3) is 10.3 Å². The van der Waals surface area contributed by atoms with Gasteiger partial charge in [0, 0.05) is 31.9 Å². The SMILES string of the molecule is CCc1ccc2nc(NC(=O)[C@H](CC3CCCC3)c3ccc(S(=O)(=O)N4CCN(C)CC4)cc3)sc2n1. The monoisotopic (exact) mass is 541 g/mol. The number of carbonyl (C=O) groups excluding carboxylic acids is 1. The topological polar surface area (TPSA) is 95.5 Å². The Morgan fingerprint density at radius 2 is 1.76 bits per heavy atom. The number of anilines is 1. The molecule has 8 nitrogen and oxygen atoms in total. The largest absolute Gasteiger partial charge is 0.304 e. The first-order valence-corrected chi connectivity index (χ1v) is 15.4. The van der Waals surface area contributed by atoms with Gasteiger partial charge in [-0.15, -0.1) is 0 Å². The Hall–Kier alpha value is -2.40. The quantitative estimate of drug-likeness (QED) is 0.451. The minimum Gasteiger partial charge on any atom is -0.304 e. The number of hydrogen-bond acceptors (Lipinski definition) is 7. The van der Waals surface area contributed by atoms with E-state index in [1.54, 1.807) is 16.4 Å². The van der Waals surface area contributed by atoms with Crippen LogP contribution in [0.3, 0.4) is 0 Å². The van der Waals surface area contributed by atoms with Crippen molar-refractivity contribution in [3.05, 3.63) is 47.7 Å². The molecule has 0 bridgehead atoms. The maximum Gasteiger partial charge on any atom is 0.243 e. The second-order valence-electron chi connectivity index (χ2n) is 10.2. The van der Waals surface area contributed by atoms with E-state index in [4.69, 9.17) is 0 Å². The molecule has 3 aromatic rings. The smallest absolute Gasteiger partial charge is 0.243 e. The molecule has 2 aromatic heterocycles. The Morgan fingerprint density at radius 3 is 2.43 bits per heavy atom. The van der Waals surface area contributed by atoms with E-state index in [0.29, 0.717) is 24.1 Å². The summed E-state index contributed by atoms with van der Waals surface area (Å²) < 4.78 is 27.9. The third kappa shape index (κ3) is 5.87. The van der Waals surface area contributed by atoms with E-state index in [2.05, 4.69) is 27.1 Å². The number of aryl methyl sites for hydroxylation is 1. The first-order chi connectivity index (χ1) is 17.8. The highest BCUT2D eigenvalue weighted by Crippen LogP contribution is 2.36. The molecule has 10 heteroatoms. The van der Waals surface area contributed by atoms with Crippen LogP contribution in [-0.2, 0) is 21.2 Å². The summed E-state index contributed by atoms with van der Waals surface area (Å²) in [5, 5.41) is 3.59. The van der Waals surface area contributed by atoms with Gasteiger partial charge in [-0.25, -0.2) is 18.4 Å². The normalized spacial score (nSPS) is 18.9. The van der Waals surface area contributed by atoms with Crippen molar-refractivity contribution >= 4 is 42.7 Å². The summed E-state index contributed by atoms with van der Waals surface area (Å²) in [6.45, 7) is 4.49. The molecular formula is C27H35N5O3S2. The summed E-state index contributed by atoms with van der Waals surface area (Å²) >= 11 is 1.39. The van der Waals surface area contributed by atoms with Gasteiger partial charge in [-0.05, 0) is 55.6 Å². The van der Waals surface area contributed by atoms with Crippen molar-refractivity contribution in [1.82, 2.24) is 19.2 Å². The zero-order chi connectivity index (χ0) is 26.0. The molecule has 1 atom stereocenters. The summed E-state index contributed by atoms with van der Waals surface area (Å²) in [7, 11) is -1.55. The van der Waals surface area contributed by atoms with Crippen LogP contribution in [0.15, 0.2) is 41.3 Å². The van der Waals surface area contributed by atoms with Gasteiger partial charge in [0.2, 0.25) is 15.9 Å². The second kappa shape index (κ2) is 11.1. The van der Waals surface area contributed by atoms with E-state index in [9.17, 15) is 13.2 Å². The Bertz CT molecular complexity index is 1340. The standard InChI is InChI=1S/C27H35N5O3S2/c1-3-21-10-13-24-26(28-21)36-27(29-24)30-25(33)23(18-19-6-4-5-7-19)20-8-11-22(12-9-20)37(34,35)32-16-14-31(2)15-17-32/h8-13,19,23H,3-7,14-18H2,1-2H3,(H,29,30,33)/t23-/m1/s1. The molecule has 2 aliphatic rings. The predicted octanol–water partition coefficient (Wildman–Crippen LogP) is 4.49. The molecule has 37 heavy (non-hydrogen) atoms. The zero-order valence-corrected chi connectivity index (χ0v) is 23.2. The number of thiazole rings is 1. The van der Waals surface area contributed by atoms with Crippen molar-refractivity contribution in [1.29, 1.82) is 0 Å². The van der Waals surface area contributed by atoms with Crippen LogP contribution >= 0.6 is 11.3 Å². The van der Waals surface area contributed by atoms with Crippen LogP contribution in [0.2, 0.25) is 0 Å². The fourth-order valence-electron chi connectivity index (χ4n) is 5.32. The lowest BCUT2D eigenvalue weighted by molar-refractivity contribution is -0.118. The number of pyridine rings is 1. The summed E-state index contributed by atoms with van der Waals surface area (Å²) in [6.07, 6.45) is 6.25. The first-order valence-electron chi connectivity index (χ1n) is 13.2. The summed E-state index contributed by atoms with van der Waals surface area (Å²) in [5.74, 6) is 0.0275. The van der Waals surface area contributed by atoms with Gasteiger partial charge in [-0.3, -0.25) is 4.79 Å². The number of nitrogens with one attached hydrogen (secondary N) is 1. The molecule has 1 N–H and O–H groups in total. The highest BCUT2D eigenvalue weighted by atomic mass is 32.2. The number of sulfonamides is 1. The minimum atomic E-state index is -3.55. The fourth-order valence-corrected chi connectivity index (χ4v) is 7.60. The van der Waals surface area contributed by atoms with Gasteiger partial charge in [-0.2, -0.15) is 4.31 Å². The van der Waals surface area contributed by atoms with Crippen molar-refractivity contribution in [2.24, 2.45) is 5.92 Å². The van der Waals surface area contributed by atoms with Crippen molar-refractivity contribution < 1.29 is 13.2 Å². The van der Waals surface area contributed by atoms with Crippen LogP contribution in [0.1, 0.15) is 56.2 Å². The first kappa shape index (κ1) is 26.2. The molecule has 1 saturated carbocycles. The Morgan fingerprint density at radius 1 is 1.05 bits per heavy atom. The molecule has 0 radical (unpaired) electrons. The molecule has 1 aliphatic carbocycles. The number of benzene rings is 1. The summed E-state index contributed by atoms with van der Waals surface area (Å²) in [5.41, 5.74) is 2.62. The van der Waals surface area contributed by atoms with Gasteiger partial charge in [0.05, 0.1) is 10.8 Å². The molecule has 1 amide bonds. The average molecular weight is 542 g/mol. The molecule has 0 spiro atoms. The maximum atomic E-state index is 13.6. The van der Waals surface area contributed by atoms with E-state index in [1.807, 2.05) is 31.3 Å². The number of hydrogen-bond donors (Lipinski definition) is 1. The third-order valence-electron chi connectivity index (χ3n) is 7.65. The number of fused-ring (bicyclic) bond motifs is 1. The molecule has 1 saturated heterocycles. The number of amides is 1. The van der Waals surface area contributed by atoms with Crippen LogP contribution < -0.4 is 5.32 Å². The molecule has 198 valence electrons. The zero-order valence-electron chi connectivity index (χ0n) is 21.5. The molecular weight excluding hydrogens is 506 g/mol. The summed E-state index contributed by atoms with van der Waals surface area (Å²) in [6, 6.07) is 10.9. The Balaban J connectivity index is 1.36. The molecule has 5 rings (SSSR count). The fraction of sp³-hybridized carbons (Fsp3) is 0.519. The van der Waals surface area contributed by atoms with Gasteiger partial charge >= 0.3 is 0 Å². The predicted molar refractivity (Wildman–Crippen MR) is 147 cm³/mol. The van der Waals surface area contributed by atoms with Gasteiger partial charge in [0.25, 0.3) is 0 Å². The summed E-state index contributed by atoms with van der Waals surface area (Å²) in [4.78, 5) is 26.0. The number of likely N-dealkylation sites (N-methyl/N-ethyl adjacent to an activating group) is 1. The number of rotatable bonds is 8. The average Bonchev–Trinajstić information content (AvgIpc) is 3.56. The lowest BCUT2D eigenvalue weighted by atomic mass is 9.87. The van der Waals surface area contributed by atoms with Crippen molar-refractivity contribution in [3.8, 4) is 0 Å². The van der Waals surface area contributed by atoms with Crippen molar-refractivity contribution in [2.45, 2.75) is 56.3 Å². The Kier molecular flexibility index (Phi) is 7.90. The second-order valence-corrected chi connectivity index (χ2v) is 13.1. The van der Waals surface area contributed by atoms with Gasteiger partial charge < -0.3 is 10.2 Å². The van der Waals surface area contributed by atoms with E-state index in [1.165, 1.54) is 24.2 Å². The number of carbonyl (C=O) groups is 1. The minimum absolute atomic E-state index is 0.101. The number of piperazine rings is 1. The number of nitrogens with zero attached hydrogens (tertiary/aromatic N) is 4. The van der Waals surface area contributed by atoms with Gasteiger partial charge in [0.15, 0.2) is 5.13 Å².